The van der Waals surface area contributed by atoms with Crippen LogP contribution in [-0.2, 0) is 11.0 Å². The highest BCUT2D eigenvalue weighted by Crippen LogP contribution is 2.34. The lowest BCUT2D eigenvalue weighted by molar-refractivity contribution is -0.137. The molecule has 1 amide bonds. The van der Waals surface area contributed by atoms with Gasteiger partial charge in [-0.05, 0) is 37.6 Å². The molecule has 0 spiro atoms. The van der Waals surface area contributed by atoms with Crippen LogP contribution in [0, 0.1) is 5.82 Å². The smallest absolute Gasteiger partial charge is 0.418 e. The number of benzene rings is 2. The fraction of sp³-hybridized carbons (Fsp3) is 0.381. The molecule has 30 heavy (non-hydrogen) atoms. The van der Waals surface area contributed by atoms with Crippen LogP contribution in [0.3, 0.4) is 0 Å². The summed E-state index contributed by atoms with van der Waals surface area (Å²) in [5.41, 5.74) is -2.58. The molecule has 1 heterocycles. The third-order valence-electron chi connectivity index (χ3n) is 4.89. The van der Waals surface area contributed by atoms with Gasteiger partial charge >= 0.3 is 6.18 Å². The number of aliphatic hydroxyl groups is 1. The van der Waals surface area contributed by atoms with Crippen molar-refractivity contribution >= 4 is 11.6 Å². The number of carbonyl (C=O) groups excluding carboxylic acids is 1. The molecule has 1 fully saturated rings. The van der Waals surface area contributed by atoms with Crippen molar-refractivity contribution in [3.8, 4) is 5.75 Å². The maximum atomic E-state index is 13.3. The molecular weight excluding hydrogens is 404 g/mol. The van der Waals surface area contributed by atoms with Gasteiger partial charge in [0.1, 0.15) is 23.3 Å². The maximum Gasteiger partial charge on any atom is 0.418 e. The Bertz CT molecular complexity index is 902. The highest BCUT2D eigenvalue weighted by Gasteiger charge is 2.40. The van der Waals surface area contributed by atoms with E-state index in [1.54, 1.807) is 17.9 Å². The molecule has 3 rings (SSSR count). The van der Waals surface area contributed by atoms with E-state index in [4.69, 9.17) is 4.74 Å². The number of rotatable bonds is 5. The van der Waals surface area contributed by atoms with Gasteiger partial charge in [0.05, 0.1) is 17.8 Å². The molecule has 2 N–H and O–H groups in total. The van der Waals surface area contributed by atoms with Crippen molar-refractivity contribution in [1.29, 1.82) is 0 Å². The highest BCUT2D eigenvalue weighted by atomic mass is 19.4. The van der Waals surface area contributed by atoms with Crippen molar-refractivity contribution in [1.82, 2.24) is 4.90 Å². The topological polar surface area (TPSA) is 61.8 Å². The zero-order valence-corrected chi connectivity index (χ0v) is 16.2. The molecule has 1 saturated heterocycles. The number of halogens is 4. The van der Waals surface area contributed by atoms with Gasteiger partial charge in [-0.1, -0.05) is 18.2 Å². The number of anilines is 1. The van der Waals surface area contributed by atoms with E-state index in [1.165, 1.54) is 36.4 Å². The van der Waals surface area contributed by atoms with Crippen LogP contribution in [0.2, 0.25) is 0 Å². The van der Waals surface area contributed by atoms with Crippen molar-refractivity contribution in [2.45, 2.75) is 31.2 Å². The number of carbonyl (C=O) groups is 1. The Morgan fingerprint density at radius 2 is 2.00 bits per heavy atom. The lowest BCUT2D eigenvalue weighted by Crippen LogP contribution is -2.58. The predicted octanol–water partition coefficient (Wildman–Crippen LogP) is 3.69. The van der Waals surface area contributed by atoms with Gasteiger partial charge in [-0.3, -0.25) is 9.69 Å². The summed E-state index contributed by atoms with van der Waals surface area (Å²) in [5.74, 6) is -0.789. The molecule has 2 aromatic rings. The van der Waals surface area contributed by atoms with Crippen molar-refractivity contribution in [3.05, 3.63) is 59.9 Å². The molecule has 9 heteroatoms. The van der Waals surface area contributed by atoms with E-state index in [2.05, 4.69) is 5.32 Å². The summed E-state index contributed by atoms with van der Waals surface area (Å²) in [6, 6.07) is 10.3. The minimum absolute atomic E-state index is 0.0708. The number of nitrogens with zero attached hydrogens (tertiary/aromatic N) is 1. The van der Waals surface area contributed by atoms with Crippen LogP contribution in [0.5, 0.6) is 5.75 Å². The summed E-state index contributed by atoms with van der Waals surface area (Å²) in [4.78, 5) is 13.9. The van der Waals surface area contributed by atoms with Gasteiger partial charge in [-0.25, -0.2) is 4.39 Å². The molecule has 0 radical (unpaired) electrons. The van der Waals surface area contributed by atoms with Crippen LogP contribution < -0.4 is 10.1 Å². The number of hydrogen-bond acceptors (Lipinski definition) is 4. The first-order valence-electron chi connectivity index (χ1n) is 9.37. The van der Waals surface area contributed by atoms with Crippen LogP contribution in [0.15, 0.2) is 48.5 Å². The predicted molar refractivity (Wildman–Crippen MR) is 103 cm³/mol. The second-order valence-electron chi connectivity index (χ2n) is 7.51. The molecule has 2 atom stereocenters. The van der Waals surface area contributed by atoms with E-state index in [9.17, 15) is 27.5 Å². The van der Waals surface area contributed by atoms with Gasteiger partial charge in [0, 0.05) is 19.2 Å². The third-order valence-corrected chi connectivity index (χ3v) is 4.89. The lowest BCUT2D eigenvalue weighted by atomic mass is 9.91. The number of likely N-dealkylation sites (tertiary alicyclic amines) is 1. The Balaban J connectivity index is 1.60. The summed E-state index contributed by atoms with van der Waals surface area (Å²) in [7, 11) is 0. The van der Waals surface area contributed by atoms with Gasteiger partial charge in [-0.15, -0.1) is 0 Å². The Kier molecular flexibility index (Phi) is 6.33. The lowest BCUT2D eigenvalue weighted by Gasteiger charge is -2.42. The first-order valence-corrected chi connectivity index (χ1v) is 9.37. The molecule has 0 aliphatic carbocycles. The Morgan fingerprint density at radius 3 is 2.67 bits per heavy atom. The van der Waals surface area contributed by atoms with E-state index >= 15 is 0 Å². The maximum absolute atomic E-state index is 13.3. The van der Waals surface area contributed by atoms with Crippen LogP contribution in [-0.4, -0.2) is 47.3 Å². The standard InChI is InChI=1S/C21H22F4N2O3/c1-20(29)13-27(10-9-18(20)30-15-6-4-5-14(22)11-15)12-19(28)26-17-8-3-2-7-16(17)21(23,24)25/h2-8,11,18,29H,9-10,12-13H2,1H3,(H,26,28)/t18-,20-/m0/s1. The molecule has 0 bridgehead atoms. The summed E-state index contributed by atoms with van der Waals surface area (Å²) >= 11 is 0. The van der Waals surface area contributed by atoms with Crippen molar-refractivity contribution in [2.24, 2.45) is 0 Å². The van der Waals surface area contributed by atoms with Crippen LogP contribution >= 0.6 is 0 Å². The molecular formula is C21H22F4N2O3. The number of β-amino-alcohol motifs (C(OH)–C–C–N with tert-alkyl or cyclic N) is 1. The largest absolute Gasteiger partial charge is 0.487 e. The first-order chi connectivity index (χ1) is 14.0. The summed E-state index contributed by atoms with van der Waals surface area (Å²) in [6.45, 7) is 1.81. The zero-order chi connectivity index (χ0) is 21.9. The molecule has 162 valence electrons. The highest BCUT2D eigenvalue weighted by molar-refractivity contribution is 5.93. The number of alkyl halides is 3. The van der Waals surface area contributed by atoms with Crippen LogP contribution in [0.25, 0.3) is 0 Å². The average Bonchev–Trinajstić information content (AvgIpc) is 2.63. The zero-order valence-electron chi connectivity index (χ0n) is 16.2. The Morgan fingerprint density at radius 1 is 1.27 bits per heavy atom. The fourth-order valence-corrected chi connectivity index (χ4v) is 3.50. The molecule has 5 nitrogen and oxygen atoms in total. The van der Waals surface area contributed by atoms with Gasteiger partial charge < -0.3 is 15.2 Å². The van der Waals surface area contributed by atoms with Crippen LogP contribution in [0.1, 0.15) is 18.9 Å². The molecule has 2 aromatic carbocycles. The van der Waals surface area contributed by atoms with E-state index in [1.807, 2.05) is 0 Å². The second-order valence-corrected chi connectivity index (χ2v) is 7.51. The van der Waals surface area contributed by atoms with Crippen LogP contribution in [0.4, 0.5) is 23.2 Å². The molecule has 0 saturated carbocycles. The van der Waals surface area contributed by atoms with Gasteiger partial charge in [0.25, 0.3) is 0 Å². The van der Waals surface area contributed by atoms with Gasteiger partial charge in [-0.2, -0.15) is 13.2 Å². The first kappa shape index (κ1) is 22.0. The van der Waals surface area contributed by atoms with E-state index in [0.717, 1.165) is 6.07 Å². The van der Waals surface area contributed by atoms with Crippen molar-refractivity contribution in [3.63, 3.8) is 0 Å². The molecule has 1 aliphatic rings. The van der Waals surface area contributed by atoms with Crippen molar-refractivity contribution in [2.75, 3.05) is 25.0 Å². The second kappa shape index (κ2) is 8.61. The molecule has 0 unspecified atom stereocenters. The molecule has 1 aliphatic heterocycles. The summed E-state index contributed by atoms with van der Waals surface area (Å²) in [6.07, 6.45) is -4.85. The van der Waals surface area contributed by atoms with Gasteiger partial charge in [0.2, 0.25) is 5.91 Å². The Hall–Kier alpha value is -2.65. The minimum Gasteiger partial charge on any atom is -0.487 e. The quantitative estimate of drug-likeness (QED) is 0.716. The summed E-state index contributed by atoms with van der Waals surface area (Å²) in [5, 5.41) is 13.0. The fourth-order valence-electron chi connectivity index (χ4n) is 3.50. The minimum atomic E-state index is -4.58. The number of hydrogen-bond donors (Lipinski definition) is 2. The number of ether oxygens (including phenoxy) is 1. The monoisotopic (exact) mass is 426 g/mol. The van der Waals surface area contributed by atoms with E-state index in [0.29, 0.717) is 13.0 Å². The number of piperidine rings is 1. The SMILES string of the molecule is C[C@]1(O)CN(CC(=O)Nc2ccccc2C(F)(F)F)CC[C@@H]1Oc1cccc(F)c1. The summed E-state index contributed by atoms with van der Waals surface area (Å²) < 4.78 is 58.3. The number of nitrogens with one attached hydrogen (secondary N) is 1. The average molecular weight is 426 g/mol. The number of amides is 1. The normalized spacial score (nSPS) is 22.5. The van der Waals surface area contributed by atoms with E-state index in [-0.39, 0.29) is 24.5 Å². The molecule has 0 aromatic heterocycles. The van der Waals surface area contributed by atoms with Gasteiger partial charge in [0.15, 0.2) is 0 Å². The Labute approximate surface area is 171 Å². The van der Waals surface area contributed by atoms with Crippen molar-refractivity contribution < 1.29 is 32.2 Å². The third kappa shape index (κ3) is 5.48. The number of para-hydroxylation sites is 1. The van der Waals surface area contributed by atoms with E-state index < -0.39 is 35.2 Å².